The van der Waals surface area contributed by atoms with Crippen molar-refractivity contribution in [2.24, 2.45) is 0 Å². The highest BCUT2D eigenvalue weighted by molar-refractivity contribution is 5.95. The molecule has 0 spiro atoms. The lowest BCUT2D eigenvalue weighted by molar-refractivity contribution is -0.143. The zero-order valence-electron chi connectivity index (χ0n) is 20.9. The van der Waals surface area contributed by atoms with Gasteiger partial charge >= 0.3 is 12.4 Å². The van der Waals surface area contributed by atoms with E-state index in [9.17, 15) is 35.5 Å². The third kappa shape index (κ3) is 6.03. The van der Waals surface area contributed by atoms with Crippen LogP contribution in [0.25, 0.3) is 0 Å². The van der Waals surface area contributed by atoms with Crippen molar-refractivity contribution in [2.45, 2.75) is 31.7 Å². The lowest BCUT2D eigenvalue weighted by atomic mass is 10.0. The van der Waals surface area contributed by atoms with Gasteiger partial charge < -0.3 is 14.5 Å². The second-order valence-electron chi connectivity index (χ2n) is 9.57. The van der Waals surface area contributed by atoms with Crippen molar-refractivity contribution < 1.29 is 40.3 Å². The zero-order chi connectivity index (χ0) is 28.7. The summed E-state index contributed by atoms with van der Waals surface area (Å²) in [5.74, 6) is -0.421. The summed E-state index contributed by atoms with van der Waals surface area (Å²) in [7, 11) is 0. The molecule has 1 fully saturated rings. The van der Waals surface area contributed by atoms with Crippen molar-refractivity contribution >= 4 is 11.7 Å². The average Bonchev–Trinajstić information content (AvgIpc) is 2.91. The first-order valence-corrected chi connectivity index (χ1v) is 12.4. The number of fused-ring (bicyclic) bond motifs is 1. The number of benzene rings is 2. The van der Waals surface area contributed by atoms with Crippen molar-refractivity contribution in [1.82, 2.24) is 14.9 Å². The molecule has 2 aromatic carbocycles. The van der Waals surface area contributed by atoms with Crippen LogP contribution in [0.3, 0.4) is 0 Å². The Labute approximate surface area is 224 Å². The molecule has 0 radical (unpaired) electrons. The third-order valence-corrected chi connectivity index (χ3v) is 6.77. The zero-order valence-corrected chi connectivity index (χ0v) is 20.9. The molecular weight excluding hydrogens is 545 g/mol. The lowest BCUT2D eigenvalue weighted by Gasteiger charge is -2.34. The number of hydrogen-bond acceptors (Lipinski definition) is 5. The van der Waals surface area contributed by atoms with E-state index in [0.29, 0.717) is 66.9 Å². The molecule has 0 bridgehead atoms. The minimum atomic E-state index is -5.07. The minimum Gasteiger partial charge on any atom is -0.378 e. The van der Waals surface area contributed by atoms with Crippen LogP contribution in [0.2, 0.25) is 0 Å². The molecule has 1 aromatic heterocycles. The maximum Gasteiger partial charge on any atom is 0.416 e. The quantitative estimate of drug-likeness (QED) is 0.401. The number of hydrogen-bond donors (Lipinski definition) is 0. The van der Waals surface area contributed by atoms with Crippen molar-refractivity contribution in [3.63, 3.8) is 0 Å². The van der Waals surface area contributed by atoms with Gasteiger partial charge in [0.05, 0.1) is 36.6 Å². The molecule has 0 N–H and O–H groups in total. The van der Waals surface area contributed by atoms with Crippen LogP contribution >= 0.6 is 0 Å². The van der Waals surface area contributed by atoms with Gasteiger partial charge in [-0.05, 0) is 35.9 Å². The molecule has 1 saturated heterocycles. The van der Waals surface area contributed by atoms with E-state index in [0.717, 1.165) is 0 Å². The third-order valence-electron chi connectivity index (χ3n) is 6.77. The Hall–Kier alpha value is -3.74. The van der Waals surface area contributed by atoms with Crippen LogP contribution in [0.4, 0.5) is 36.6 Å². The first-order chi connectivity index (χ1) is 18.9. The van der Waals surface area contributed by atoms with Crippen molar-refractivity contribution in [3.05, 3.63) is 87.6 Å². The van der Waals surface area contributed by atoms with Crippen molar-refractivity contribution in [1.29, 1.82) is 0 Å². The first-order valence-electron chi connectivity index (χ1n) is 12.4. The fourth-order valence-corrected chi connectivity index (χ4v) is 4.83. The second-order valence-corrected chi connectivity index (χ2v) is 9.57. The number of morpholine rings is 1. The highest BCUT2D eigenvalue weighted by Gasteiger charge is 2.38. The SMILES string of the molecule is O=C(c1cc(C(F)(F)F)cc(C(F)(F)F)c1)N1CCc2nc(Cc3cccc(F)c3)nc(N3CCOCC3)c2C1. The first kappa shape index (κ1) is 27.8. The summed E-state index contributed by atoms with van der Waals surface area (Å²) >= 11 is 0. The summed E-state index contributed by atoms with van der Waals surface area (Å²) in [6.45, 7) is 1.75. The Balaban J connectivity index is 1.49. The average molecular weight is 568 g/mol. The maximum absolute atomic E-state index is 13.7. The minimum absolute atomic E-state index is 0.00715. The van der Waals surface area contributed by atoms with Crippen molar-refractivity contribution in [3.8, 4) is 0 Å². The molecule has 2 aliphatic rings. The summed E-state index contributed by atoms with van der Waals surface area (Å²) < 4.78 is 99.4. The lowest BCUT2D eigenvalue weighted by Crippen LogP contribution is -2.41. The number of aromatic nitrogens is 2. The molecule has 0 atom stereocenters. The molecule has 0 unspecified atom stereocenters. The molecule has 3 aromatic rings. The number of carbonyl (C=O) groups excluding carboxylic acids is 1. The van der Waals surface area contributed by atoms with Crippen LogP contribution in [0, 0.1) is 5.82 Å². The molecule has 3 heterocycles. The molecule has 6 nitrogen and oxygen atoms in total. The summed E-state index contributed by atoms with van der Waals surface area (Å²) in [6, 6.07) is 6.89. The molecule has 212 valence electrons. The van der Waals surface area contributed by atoms with E-state index in [-0.39, 0.29) is 32.0 Å². The largest absolute Gasteiger partial charge is 0.416 e. The standard InChI is InChI=1S/C27H23F7N4O2/c28-20-3-1-2-16(10-20)11-23-35-22-4-5-38(15-21(22)24(36-23)37-6-8-40-9-7-37)25(39)17-12-18(26(29,30)31)14-19(13-17)27(32,33)34/h1-3,10,12-14H,4-9,11,15H2. The van der Waals surface area contributed by atoms with Crippen LogP contribution in [0.5, 0.6) is 0 Å². The molecular formula is C27H23F7N4O2. The molecule has 1 amide bonds. The van der Waals surface area contributed by atoms with Gasteiger partial charge in [0.1, 0.15) is 17.5 Å². The number of halogens is 7. The van der Waals surface area contributed by atoms with E-state index < -0.39 is 40.8 Å². The number of nitrogens with zero attached hydrogens (tertiary/aromatic N) is 4. The van der Waals surface area contributed by atoms with E-state index in [1.54, 1.807) is 12.1 Å². The van der Waals surface area contributed by atoms with Crippen LogP contribution in [0.15, 0.2) is 42.5 Å². The maximum atomic E-state index is 13.7. The molecule has 2 aliphatic heterocycles. The highest BCUT2D eigenvalue weighted by Crippen LogP contribution is 2.37. The topological polar surface area (TPSA) is 58.6 Å². The fraction of sp³-hybridized carbons (Fsp3) is 0.370. The molecule has 40 heavy (non-hydrogen) atoms. The van der Waals surface area contributed by atoms with E-state index in [2.05, 4.69) is 4.98 Å². The van der Waals surface area contributed by atoms with Crippen LogP contribution in [-0.4, -0.2) is 53.6 Å². The number of carbonyl (C=O) groups is 1. The summed E-state index contributed by atoms with van der Waals surface area (Å²) in [4.78, 5) is 25.7. The summed E-state index contributed by atoms with van der Waals surface area (Å²) in [5, 5.41) is 0. The predicted molar refractivity (Wildman–Crippen MR) is 129 cm³/mol. The summed E-state index contributed by atoms with van der Waals surface area (Å²) in [5.41, 5.74) is -1.98. The molecule has 5 rings (SSSR count). The Morgan fingerprint density at radius 2 is 1.57 bits per heavy atom. The molecule has 0 aliphatic carbocycles. The number of alkyl halides is 6. The Morgan fingerprint density at radius 3 is 2.20 bits per heavy atom. The second kappa shape index (κ2) is 10.7. The number of rotatable bonds is 4. The van der Waals surface area contributed by atoms with E-state index in [1.165, 1.54) is 17.0 Å². The number of ether oxygens (including phenoxy) is 1. The van der Waals surface area contributed by atoms with Gasteiger partial charge in [0.15, 0.2) is 0 Å². The Kier molecular flexibility index (Phi) is 7.42. The Bertz CT molecular complexity index is 1390. The van der Waals surface area contributed by atoms with Crippen molar-refractivity contribution in [2.75, 3.05) is 37.7 Å². The smallest absolute Gasteiger partial charge is 0.378 e. The van der Waals surface area contributed by atoms with Gasteiger partial charge in [0.2, 0.25) is 0 Å². The van der Waals surface area contributed by atoms with E-state index in [1.807, 2.05) is 4.90 Å². The van der Waals surface area contributed by atoms with Gasteiger partial charge in [-0.1, -0.05) is 12.1 Å². The van der Waals surface area contributed by atoms with Gasteiger partial charge in [-0.15, -0.1) is 0 Å². The van der Waals surface area contributed by atoms with Gasteiger partial charge in [-0.25, -0.2) is 14.4 Å². The highest BCUT2D eigenvalue weighted by atomic mass is 19.4. The van der Waals surface area contributed by atoms with Crippen LogP contribution in [-0.2, 0) is 36.5 Å². The van der Waals surface area contributed by atoms with Gasteiger partial charge in [0, 0.05) is 43.6 Å². The van der Waals surface area contributed by atoms with Crippen LogP contribution in [0.1, 0.15) is 44.1 Å². The summed E-state index contributed by atoms with van der Waals surface area (Å²) in [6.07, 6.45) is -9.68. The van der Waals surface area contributed by atoms with E-state index >= 15 is 0 Å². The Morgan fingerprint density at radius 1 is 0.900 bits per heavy atom. The van der Waals surface area contributed by atoms with E-state index in [4.69, 9.17) is 9.72 Å². The van der Waals surface area contributed by atoms with Gasteiger partial charge in [-0.2, -0.15) is 26.3 Å². The molecule has 0 saturated carbocycles. The number of anilines is 1. The monoisotopic (exact) mass is 568 g/mol. The molecule has 13 heteroatoms. The van der Waals surface area contributed by atoms with Gasteiger partial charge in [0.25, 0.3) is 5.91 Å². The predicted octanol–water partition coefficient (Wildman–Crippen LogP) is 5.28. The number of amides is 1. The van der Waals surface area contributed by atoms with Gasteiger partial charge in [-0.3, -0.25) is 4.79 Å². The normalized spacial score (nSPS) is 16.2. The van der Waals surface area contributed by atoms with Crippen LogP contribution < -0.4 is 4.90 Å². The fourth-order valence-electron chi connectivity index (χ4n) is 4.83.